The van der Waals surface area contributed by atoms with E-state index in [1.807, 2.05) is 13.2 Å². The Balaban J connectivity index is 0.00000243. The van der Waals surface area contributed by atoms with Gasteiger partial charge in [0, 0.05) is 43.6 Å². The van der Waals surface area contributed by atoms with E-state index >= 15 is 0 Å². The summed E-state index contributed by atoms with van der Waals surface area (Å²) < 4.78 is 26.6. The van der Waals surface area contributed by atoms with E-state index in [0.717, 1.165) is 18.4 Å². The van der Waals surface area contributed by atoms with Crippen LogP contribution in [0.25, 0.3) is 0 Å². The summed E-state index contributed by atoms with van der Waals surface area (Å²) in [6.45, 7) is 1.35. The van der Waals surface area contributed by atoms with Crippen molar-refractivity contribution >= 4 is 39.7 Å². The maximum atomic E-state index is 12.6. The van der Waals surface area contributed by atoms with Gasteiger partial charge in [0.1, 0.15) is 0 Å². The first-order valence-corrected chi connectivity index (χ1v) is 9.79. The summed E-state index contributed by atoms with van der Waals surface area (Å²) in [5.74, 6) is -0.166. The highest BCUT2D eigenvalue weighted by molar-refractivity contribution is 7.92. The summed E-state index contributed by atoms with van der Waals surface area (Å²) in [5.41, 5.74) is 2.12. The molecule has 1 amide bonds. The van der Waals surface area contributed by atoms with E-state index in [1.165, 1.54) is 0 Å². The second-order valence-electron chi connectivity index (χ2n) is 6.26. The van der Waals surface area contributed by atoms with Gasteiger partial charge in [0.2, 0.25) is 15.9 Å². The number of amides is 1. The Morgan fingerprint density at radius 3 is 2.46 bits per heavy atom. The minimum Gasteiger partial charge on any atom is -0.326 e. The van der Waals surface area contributed by atoms with Crippen molar-refractivity contribution in [3.8, 4) is 0 Å². The van der Waals surface area contributed by atoms with Crippen LogP contribution in [0.5, 0.6) is 0 Å². The van der Waals surface area contributed by atoms with Gasteiger partial charge in [-0.05, 0) is 29.8 Å². The number of halogens is 1. The third-order valence-corrected chi connectivity index (χ3v) is 4.77. The van der Waals surface area contributed by atoms with E-state index < -0.39 is 10.0 Å². The fraction of sp³-hybridized carbons (Fsp3) is 0.375. The second kappa shape index (κ2) is 8.07. The molecule has 2 heterocycles. The Morgan fingerprint density at radius 1 is 1.23 bits per heavy atom. The van der Waals surface area contributed by atoms with Gasteiger partial charge in [0.25, 0.3) is 0 Å². The molecule has 0 saturated carbocycles. The predicted octanol–water partition coefficient (Wildman–Crippen LogP) is 1.16. The number of aryl methyl sites for hydroxylation is 1. The number of nitrogens with zero attached hydrogens (tertiary/aromatic N) is 2. The van der Waals surface area contributed by atoms with E-state index in [4.69, 9.17) is 0 Å². The number of sulfonamides is 1. The number of carbonyl (C=O) groups excluding carboxylic acids is 1. The van der Waals surface area contributed by atoms with Crippen LogP contribution in [0.4, 0.5) is 11.4 Å². The summed E-state index contributed by atoms with van der Waals surface area (Å²) >= 11 is 0. The smallest absolute Gasteiger partial charge is 0.229 e. The zero-order valence-corrected chi connectivity index (χ0v) is 16.1. The average Bonchev–Trinajstić information content (AvgIpc) is 3.16. The molecule has 2 atom stereocenters. The van der Waals surface area contributed by atoms with Crippen LogP contribution in [-0.4, -0.2) is 43.5 Å². The fourth-order valence-corrected chi connectivity index (χ4v) is 3.57. The second-order valence-corrected chi connectivity index (χ2v) is 8.01. The molecule has 1 aliphatic rings. The summed E-state index contributed by atoms with van der Waals surface area (Å²) in [6.07, 6.45) is 4.82. The molecule has 26 heavy (non-hydrogen) atoms. The molecule has 2 aromatic rings. The van der Waals surface area contributed by atoms with Gasteiger partial charge in [-0.15, -0.1) is 12.4 Å². The zero-order chi connectivity index (χ0) is 18.0. The number of benzene rings is 1. The standard InChI is InChI=1S/C16H21N5O3S.ClH/c1-21-10-11(7-18-21)14-8-17-9-15(14)16(22)19-12-3-5-13(6-4-12)20-25(2,23)24;/h3-7,10,14-15,17,20H,8-9H2,1-2H3,(H,19,22);1H/t14-,15+;/m1./s1. The lowest BCUT2D eigenvalue weighted by molar-refractivity contribution is -0.119. The SMILES string of the molecule is Cl.Cn1cc([C@H]2CNC[C@@H]2C(=O)Nc2ccc(NS(C)(=O)=O)cc2)cn1. The minimum absolute atomic E-state index is 0. The van der Waals surface area contributed by atoms with E-state index in [-0.39, 0.29) is 30.2 Å². The van der Waals surface area contributed by atoms with Gasteiger partial charge < -0.3 is 10.6 Å². The average molecular weight is 400 g/mol. The molecule has 8 nitrogen and oxygen atoms in total. The van der Waals surface area contributed by atoms with Crippen LogP contribution >= 0.6 is 12.4 Å². The van der Waals surface area contributed by atoms with Crippen molar-refractivity contribution in [1.82, 2.24) is 15.1 Å². The maximum absolute atomic E-state index is 12.6. The highest BCUT2D eigenvalue weighted by Gasteiger charge is 2.34. The topological polar surface area (TPSA) is 105 Å². The number of hydrogen-bond donors (Lipinski definition) is 3. The molecule has 1 fully saturated rings. The summed E-state index contributed by atoms with van der Waals surface area (Å²) in [4.78, 5) is 12.6. The normalized spacial score (nSPS) is 19.6. The molecule has 3 rings (SSSR count). The number of anilines is 2. The van der Waals surface area contributed by atoms with E-state index in [2.05, 4.69) is 20.5 Å². The molecular weight excluding hydrogens is 378 g/mol. The Bertz CT molecular complexity index is 866. The van der Waals surface area contributed by atoms with Crippen molar-refractivity contribution in [2.75, 3.05) is 29.4 Å². The summed E-state index contributed by atoms with van der Waals surface area (Å²) in [7, 11) is -1.46. The summed E-state index contributed by atoms with van der Waals surface area (Å²) in [6, 6.07) is 6.57. The lowest BCUT2D eigenvalue weighted by atomic mass is 9.90. The molecule has 0 radical (unpaired) electrons. The fourth-order valence-electron chi connectivity index (χ4n) is 3.01. The Hall–Kier alpha value is -2.10. The molecule has 0 aliphatic carbocycles. The van der Waals surface area contributed by atoms with Gasteiger partial charge in [0.15, 0.2) is 0 Å². The first-order chi connectivity index (χ1) is 11.8. The molecule has 1 aromatic carbocycles. The lowest BCUT2D eigenvalue weighted by Gasteiger charge is -2.17. The molecule has 1 aromatic heterocycles. The lowest BCUT2D eigenvalue weighted by Crippen LogP contribution is -2.28. The van der Waals surface area contributed by atoms with E-state index in [9.17, 15) is 13.2 Å². The molecule has 3 N–H and O–H groups in total. The van der Waals surface area contributed by atoms with Crippen molar-refractivity contribution in [1.29, 1.82) is 0 Å². The minimum atomic E-state index is -3.32. The first kappa shape index (κ1) is 20.2. The zero-order valence-electron chi connectivity index (χ0n) is 14.5. The number of nitrogens with one attached hydrogen (secondary N) is 3. The van der Waals surface area contributed by atoms with Crippen LogP contribution in [0.2, 0.25) is 0 Å². The molecule has 1 aliphatic heterocycles. The third-order valence-electron chi connectivity index (χ3n) is 4.16. The van der Waals surface area contributed by atoms with Crippen molar-refractivity contribution < 1.29 is 13.2 Å². The largest absolute Gasteiger partial charge is 0.326 e. The highest BCUT2D eigenvalue weighted by Crippen LogP contribution is 2.29. The maximum Gasteiger partial charge on any atom is 0.229 e. The van der Waals surface area contributed by atoms with Crippen LogP contribution in [0, 0.1) is 5.92 Å². The molecule has 0 unspecified atom stereocenters. The molecule has 10 heteroatoms. The van der Waals surface area contributed by atoms with Crippen LogP contribution < -0.4 is 15.4 Å². The van der Waals surface area contributed by atoms with E-state index in [0.29, 0.717) is 17.9 Å². The monoisotopic (exact) mass is 399 g/mol. The van der Waals surface area contributed by atoms with Gasteiger partial charge in [-0.2, -0.15) is 5.10 Å². The number of aromatic nitrogens is 2. The summed E-state index contributed by atoms with van der Waals surface area (Å²) in [5, 5.41) is 10.3. The molecule has 142 valence electrons. The molecule has 0 bridgehead atoms. The van der Waals surface area contributed by atoms with Gasteiger partial charge in [0.05, 0.1) is 18.4 Å². The van der Waals surface area contributed by atoms with Gasteiger partial charge >= 0.3 is 0 Å². The van der Waals surface area contributed by atoms with Gasteiger partial charge in [-0.3, -0.25) is 14.2 Å². The third kappa shape index (κ3) is 4.96. The van der Waals surface area contributed by atoms with Crippen LogP contribution in [0.3, 0.4) is 0 Å². The quantitative estimate of drug-likeness (QED) is 0.699. The Morgan fingerprint density at radius 2 is 1.88 bits per heavy atom. The number of hydrogen-bond acceptors (Lipinski definition) is 5. The van der Waals surface area contributed by atoms with Gasteiger partial charge in [-0.1, -0.05) is 0 Å². The van der Waals surface area contributed by atoms with Crippen LogP contribution in [0.15, 0.2) is 36.7 Å². The van der Waals surface area contributed by atoms with E-state index in [1.54, 1.807) is 35.1 Å². The molecular formula is C16H22ClN5O3S. The van der Waals surface area contributed by atoms with Crippen molar-refractivity contribution in [3.63, 3.8) is 0 Å². The highest BCUT2D eigenvalue weighted by atomic mass is 35.5. The Kier molecular flexibility index (Phi) is 6.27. The molecule has 1 saturated heterocycles. The predicted molar refractivity (Wildman–Crippen MR) is 103 cm³/mol. The van der Waals surface area contributed by atoms with Crippen LogP contribution in [0.1, 0.15) is 11.5 Å². The first-order valence-electron chi connectivity index (χ1n) is 7.90. The Labute approximate surface area is 158 Å². The van der Waals surface area contributed by atoms with Gasteiger partial charge in [-0.25, -0.2) is 8.42 Å². The van der Waals surface area contributed by atoms with Crippen LogP contribution in [-0.2, 0) is 21.9 Å². The molecule has 0 spiro atoms. The van der Waals surface area contributed by atoms with Crippen molar-refractivity contribution in [2.24, 2.45) is 13.0 Å². The number of carbonyl (C=O) groups is 1. The van der Waals surface area contributed by atoms with Crippen molar-refractivity contribution in [2.45, 2.75) is 5.92 Å². The number of rotatable bonds is 5. The van der Waals surface area contributed by atoms with Crippen molar-refractivity contribution in [3.05, 3.63) is 42.2 Å².